The fourth-order valence-corrected chi connectivity index (χ4v) is 4.20. The van der Waals surface area contributed by atoms with Crippen LogP contribution < -0.4 is 14.8 Å². The lowest BCUT2D eigenvalue weighted by molar-refractivity contribution is -0.122. The summed E-state index contributed by atoms with van der Waals surface area (Å²) in [6.07, 6.45) is 20.4. The average molecular weight is 498 g/mol. The second-order valence-corrected chi connectivity index (χ2v) is 9.66. The predicted octanol–water partition coefficient (Wildman–Crippen LogP) is 8.90. The zero-order valence-electron chi connectivity index (χ0n) is 22.3. The summed E-state index contributed by atoms with van der Waals surface area (Å²) >= 11 is 0. The first kappa shape index (κ1) is 29.5. The maximum absolute atomic E-state index is 12.0. The minimum absolute atomic E-state index is 0.0389. The van der Waals surface area contributed by atoms with E-state index in [2.05, 4.69) is 12.2 Å². The highest BCUT2D eigenvalue weighted by molar-refractivity contribution is 5.75. The third kappa shape index (κ3) is 14.7. The molecule has 0 fully saturated rings. The normalized spacial score (nSPS) is 10.8. The minimum atomic E-state index is 0.0389. The Morgan fingerprint density at radius 1 is 0.639 bits per heavy atom. The molecule has 2 aromatic rings. The van der Waals surface area contributed by atoms with Crippen LogP contribution in [0.4, 0.5) is 0 Å². The van der Waals surface area contributed by atoms with Crippen LogP contribution in [-0.4, -0.2) is 17.7 Å². The molecule has 2 rings (SSSR count). The van der Waals surface area contributed by atoms with Crippen molar-refractivity contribution in [3.8, 4) is 23.0 Å². The van der Waals surface area contributed by atoms with Crippen molar-refractivity contribution in [3.63, 3.8) is 0 Å². The topological polar surface area (TPSA) is 67.8 Å². The Bertz CT molecular complexity index is 804. The van der Waals surface area contributed by atoms with E-state index in [0.29, 0.717) is 23.7 Å². The van der Waals surface area contributed by atoms with Crippen LogP contribution in [0.5, 0.6) is 23.0 Å². The van der Waals surface area contributed by atoms with E-state index in [9.17, 15) is 9.90 Å². The van der Waals surface area contributed by atoms with Crippen molar-refractivity contribution in [2.24, 2.45) is 0 Å². The Hall–Kier alpha value is -2.69. The first-order valence-corrected chi connectivity index (χ1v) is 14.1. The van der Waals surface area contributed by atoms with E-state index in [1.807, 2.05) is 0 Å². The molecular formula is C31H47NO4. The van der Waals surface area contributed by atoms with Gasteiger partial charge in [0.2, 0.25) is 5.91 Å². The molecule has 5 nitrogen and oxygen atoms in total. The molecule has 0 heterocycles. The second kappa shape index (κ2) is 19.5. The Labute approximate surface area is 218 Å². The number of benzene rings is 2. The maximum Gasteiger partial charge on any atom is 0.222 e. The predicted molar refractivity (Wildman–Crippen MR) is 148 cm³/mol. The number of amides is 1. The number of unbranched alkanes of at least 4 members (excludes halogenated alkanes) is 14. The molecule has 0 atom stereocenters. The number of phenols is 1. The van der Waals surface area contributed by atoms with E-state index < -0.39 is 0 Å². The third-order valence-corrected chi connectivity index (χ3v) is 6.41. The molecule has 0 aromatic heterocycles. The lowest BCUT2D eigenvalue weighted by atomic mass is 10.0. The van der Waals surface area contributed by atoms with Gasteiger partial charge in [-0.15, -0.1) is 0 Å². The van der Waals surface area contributed by atoms with E-state index in [-0.39, 0.29) is 18.4 Å². The SMILES string of the molecule is CCCCCCCCCCCCCCCCCC(=O)NCOc1ccc(Oc2ccc(O)cc2)cc1. The molecule has 5 heteroatoms. The molecule has 0 saturated carbocycles. The summed E-state index contributed by atoms with van der Waals surface area (Å²) in [7, 11) is 0. The fourth-order valence-electron chi connectivity index (χ4n) is 4.20. The number of hydrogen-bond acceptors (Lipinski definition) is 4. The molecule has 0 aliphatic carbocycles. The molecule has 0 spiro atoms. The van der Waals surface area contributed by atoms with Gasteiger partial charge in [-0.05, 0) is 55.0 Å². The number of nitrogens with one attached hydrogen (secondary N) is 1. The average Bonchev–Trinajstić information content (AvgIpc) is 2.89. The molecular weight excluding hydrogens is 450 g/mol. The van der Waals surface area contributed by atoms with Gasteiger partial charge < -0.3 is 19.9 Å². The van der Waals surface area contributed by atoms with Crippen LogP contribution in [-0.2, 0) is 4.79 Å². The van der Waals surface area contributed by atoms with Crippen molar-refractivity contribution in [2.45, 2.75) is 110 Å². The number of phenolic OH excluding ortho intramolecular Hbond substituents is 1. The van der Waals surface area contributed by atoms with E-state index >= 15 is 0 Å². The van der Waals surface area contributed by atoms with Crippen LogP contribution in [0.15, 0.2) is 48.5 Å². The molecule has 2 N–H and O–H groups in total. The van der Waals surface area contributed by atoms with Gasteiger partial charge in [0.15, 0.2) is 6.73 Å². The summed E-state index contributed by atoms with van der Waals surface area (Å²) in [6, 6.07) is 13.8. The molecule has 2 aromatic carbocycles. The Morgan fingerprint density at radius 3 is 1.56 bits per heavy atom. The molecule has 0 aliphatic heterocycles. The van der Waals surface area contributed by atoms with Crippen LogP contribution in [0.1, 0.15) is 110 Å². The number of hydrogen-bond donors (Lipinski definition) is 2. The largest absolute Gasteiger partial charge is 0.508 e. The summed E-state index contributed by atoms with van der Waals surface area (Å²) in [5.74, 6) is 2.22. The molecule has 1 amide bonds. The molecule has 0 bridgehead atoms. The molecule has 0 radical (unpaired) electrons. The van der Waals surface area contributed by atoms with Crippen molar-refractivity contribution in [1.82, 2.24) is 5.32 Å². The highest BCUT2D eigenvalue weighted by Gasteiger charge is 2.03. The van der Waals surface area contributed by atoms with Crippen molar-refractivity contribution in [3.05, 3.63) is 48.5 Å². The molecule has 0 aliphatic rings. The first-order chi connectivity index (χ1) is 17.7. The molecule has 200 valence electrons. The van der Waals surface area contributed by atoms with Gasteiger partial charge in [-0.2, -0.15) is 0 Å². The van der Waals surface area contributed by atoms with Gasteiger partial charge in [0, 0.05) is 6.42 Å². The summed E-state index contributed by atoms with van der Waals surface area (Å²) in [5.41, 5.74) is 0. The van der Waals surface area contributed by atoms with E-state index in [4.69, 9.17) is 9.47 Å². The van der Waals surface area contributed by atoms with Crippen molar-refractivity contribution in [2.75, 3.05) is 6.73 Å². The smallest absolute Gasteiger partial charge is 0.222 e. The third-order valence-electron chi connectivity index (χ3n) is 6.41. The fraction of sp³-hybridized carbons (Fsp3) is 0.581. The van der Waals surface area contributed by atoms with Gasteiger partial charge >= 0.3 is 0 Å². The van der Waals surface area contributed by atoms with E-state index in [1.54, 1.807) is 48.5 Å². The van der Waals surface area contributed by atoms with Gasteiger partial charge in [-0.1, -0.05) is 96.8 Å². The standard InChI is InChI=1S/C31H47NO4/c1-2-3-4-5-6-7-8-9-10-11-12-13-14-15-16-17-31(34)32-26-35-28-22-24-30(25-23-28)36-29-20-18-27(33)19-21-29/h18-25,33H,2-17,26H2,1H3,(H,32,34). The Balaban J connectivity index is 1.38. The minimum Gasteiger partial charge on any atom is -0.508 e. The van der Waals surface area contributed by atoms with Crippen molar-refractivity contribution >= 4 is 5.91 Å². The van der Waals surface area contributed by atoms with Gasteiger partial charge in [0.05, 0.1) is 0 Å². The molecule has 0 unspecified atom stereocenters. The molecule has 0 saturated heterocycles. The second-order valence-electron chi connectivity index (χ2n) is 9.66. The van der Waals surface area contributed by atoms with Crippen molar-refractivity contribution in [1.29, 1.82) is 0 Å². The van der Waals surface area contributed by atoms with Gasteiger partial charge in [-0.25, -0.2) is 0 Å². The van der Waals surface area contributed by atoms with Crippen LogP contribution in [0.3, 0.4) is 0 Å². The first-order valence-electron chi connectivity index (χ1n) is 14.1. The molecule has 36 heavy (non-hydrogen) atoms. The number of carbonyl (C=O) groups excluding carboxylic acids is 1. The zero-order valence-corrected chi connectivity index (χ0v) is 22.3. The maximum atomic E-state index is 12.0. The highest BCUT2D eigenvalue weighted by atomic mass is 16.5. The van der Waals surface area contributed by atoms with Crippen LogP contribution in [0.2, 0.25) is 0 Å². The van der Waals surface area contributed by atoms with Gasteiger partial charge in [0.1, 0.15) is 23.0 Å². The van der Waals surface area contributed by atoms with E-state index in [1.165, 1.54) is 83.5 Å². The summed E-state index contributed by atoms with van der Waals surface area (Å²) < 4.78 is 11.3. The zero-order chi connectivity index (χ0) is 25.7. The summed E-state index contributed by atoms with van der Waals surface area (Å²) in [4.78, 5) is 12.0. The quantitative estimate of drug-likeness (QED) is 0.133. The van der Waals surface area contributed by atoms with E-state index in [0.717, 1.165) is 12.8 Å². The Kier molecular flexibility index (Phi) is 16.0. The highest BCUT2D eigenvalue weighted by Crippen LogP contribution is 2.25. The van der Waals surface area contributed by atoms with Crippen LogP contribution >= 0.6 is 0 Å². The summed E-state index contributed by atoms with van der Waals surface area (Å²) in [6.45, 7) is 2.44. The summed E-state index contributed by atoms with van der Waals surface area (Å²) in [5, 5.41) is 12.2. The number of carbonyl (C=O) groups is 1. The number of ether oxygens (including phenoxy) is 2. The lowest BCUT2D eigenvalue weighted by Crippen LogP contribution is -2.27. The number of rotatable bonds is 21. The lowest BCUT2D eigenvalue weighted by Gasteiger charge is -2.10. The monoisotopic (exact) mass is 497 g/mol. The van der Waals surface area contributed by atoms with Gasteiger partial charge in [0.25, 0.3) is 0 Å². The van der Waals surface area contributed by atoms with Crippen LogP contribution in [0, 0.1) is 0 Å². The van der Waals surface area contributed by atoms with Gasteiger partial charge in [-0.3, -0.25) is 4.79 Å². The number of aromatic hydroxyl groups is 1. The van der Waals surface area contributed by atoms with Crippen molar-refractivity contribution < 1.29 is 19.4 Å². The van der Waals surface area contributed by atoms with Crippen LogP contribution in [0.25, 0.3) is 0 Å². The Morgan fingerprint density at radius 2 is 1.06 bits per heavy atom.